The van der Waals surface area contributed by atoms with Crippen molar-refractivity contribution in [2.24, 2.45) is 0 Å². The van der Waals surface area contributed by atoms with Crippen molar-refractivity contribution < 1.29 is 12.8 Å². The Morgan fingerprint density at radius 1 is 1.50 bits per heavy atom. The summed E-state index contributed by atoms with van der Waals surface area (Å²) in [4.78, 5) is 0.0749. The number of terminal acetylenes is 1. The summed E-state index contributed by atoms with van der Waals surface area (Å²) in [5, 5.41) is 0. The van der Waals surface area contributed by atoms with E-state index in [0.717, 1.165) is 6.07 Å². The van der Waals surface area contributed by atoms with E-state index < -0.39 is 15.8 Å². The van der Waals surface area contributed by atoms with Crippen LogP contribution in [0.15, 0.2) is 23.1 Å². The fraction of sp³-hybridized carbons (Fsp3) is 0.273. The standard InChI is InChI=1S/C11H12FNO2S/c1-3-4-7-13-16(14,15)11-6-5-10(12)8-9(11)2/h1,5-6,8,13H,4,7H2,2H3. The zero-order chi connectivity index (χ0) is 12.2. The van der Waals surface area contributed by atoms with Crippen molar-refractivity contribution in [2.75, 3.05) is 6.54 Å². The third kappa shape index (κ3) is 3.05. The fourth-order valence-corrected chi connectivity index (χ4v) is 2.51. The maximum atomic E-state index is 12.8. The van der Waals surface area contributed by atoms with Gasteiger partial charge in [0.05, 0.1) is 4.90 Å². The molecule has 0 heterocycles. The maximum absolute atomic E-state index is 12.8. The third-order valence-electron chi connectivity index (χ3n) is 1.99. The third-order valence-corrected chi connectivity index (χ3v) is 3.61. The Morgan fingerprint density at radius 2 is 2.19 bits per heavy atom. The molecule has 16 heavy (non-hydrogen) atoms. The molecular formula is C11H12FNO2S. The molecule has 1 aromatic rings. The first-order chi connectivity index (χ1) is 7.47. The zero-order valence-corrected chi connectivity index (χ0v) is 9.64. The topological polar surface area (TPSA) is 46.2 Å². The molecule has 0 aliphatic carbocycles. The SMILES string of the molecule is C#CCCNS(=O)(=O)c1ccc(F)cc1C. The molecule has 0 bridgehead atoms. The second-order valence-corrected chi connectivity index (χ2v) is 5.00. The minimum absolute atomic E-state index is 0.0749. The van der Waals surface area contributed by atoms with E-state index in [1.165, 1.54) is 12.1 Å². The van der Waals surface area contributed by atoms with Crippen LogP contribution in [0, 0.1) is 25.1 Å². The van der Waals surface area contributed by atoms with E-state index in [-0.39, 0.29) is 11.4 Å². The Morgan fingerprint density at radius 3 is 2.75 bits per heavy atom. The van der Waals surface area contributed by atoms with Gasteiger partial charge in [0.15, 0.2) is 0 Å². The molecule has 0 amide bonds. The van der Waals surface area contributed by atoms with Crippen molar-refractivity contribution in [3.8, 4) is 12.3 Å². The van der Waals surface area contributed by atoms with Crippen LogP contribution in [0.1, 0.15) is 12.0 Å². The molecule has 0 unspecified atom stereocenters. The first kappa shape index (κ1) is 12.7. The summed E-state index contributed by atoms with van der Waals surface area (Å²) in [6.45, 7) is 1.72. The quantitative estimate of drug-likeness (QED) is 0.640. The molecule has 0 spiro atoms. The molecule has 0 aromatic heterocycles. The van der Waals surface area contributed by atoms with E-state index >= 15 is 0 Å². The number of sulfonamides is 1. The summed E-state index contributed by atoms with van der Waals surface area (Å²) in [6, 6.07) is 3.53. The van der Waals surface area contributed by atoms with Crippen molar-refractivity contribution >= 4 is 10.0 Å². The van der Waals surface area contributed by atoms with Gasteiger partial charge >= 0.3 is 0 Å². The van der Waals surface area contributed by atoms with Crippen LogP contribution in [0.3, 0.4) is 0 Å². The number of hydrogen-bond donors (Lipinski definition) is 1. The minimum Gasteiger partial charge on any atom is -0.210 e. The summed E-state index contributed by atoms with van der Waals surface area (Å²) in [5.41, 5.74) is 0.369. The van der Waals surface area contributed by atoms with Crippen LogP contribution >= 0.6 is 0 Å². The van der Waals surface area contributed by atoms with Crippen molar-refractivity contribution in [3.05, 3.63) is 29.6 Å². The monoisotopic (exact) mass is 241 g/mol. The van der Waals surface area contributed by atoms with Gasteiger partial charge in [-0.25, -0.2) is 17.5 Å². The molecule has 0 aliphatic heterocycles. The molecule has 0 aliphatic rings. The predicted octanol–water partition coefficient (Wildman–Crippen LogP) is 1.44. The average Bonchev–Trinajstić information content (AvgIpc) is 2.17. The van der Waals surface area contributed by atoms with Gasteiger partial charge in [0.1, 0.15) is 5.82 Å². The van der Waals surface area contributed by atoms with E-state index in [1.807, 2.05) is 0 Å². The lowest BCUT2D eigenvalue weighted by molar-refractivity contribution is 0.580. The molecule has 0 atom stereocenters. The fourth-order valence-electron chi connectivity index (χ4n) is 1.25. The Balaban J connectivity index is 2.95. The van der Waals surface area contributed by atoms with Crippen molar-refractivity contribution in [1.82, 2.24) is 4.72 Å². The highest BCUT2D eigenvalue weighted by Gasteiger charge is 2.15. The highest BCUT2D eigenvalue weighted by Crippen LogP contribution is 2.15. The molecule has 1 aromatic carbocycles. The molecule has 1 rings (SSSR count). The number of aryl methyl sites for hydroxylation is 1. The van der Waals surface area contributed by atoms with Crippen molar-refractivity contribution in [3.63, 3.8) is 0 Å². The molecular weight excluding hydrogens is 229 g/mol. The number of hydrogen-bond acceptors (Lipinski definition) is 2. The molecule has 86 valence electrons. The van der Waals surface area contributed by atoms with Crippen LogP contribution in [0.2, 0.25) is 0 Å². The lowest BCUT2D eigenvalue weighted by Crippen LogP contribution is -2.25. The molecule has 3 nitrogen and oxygen atoms in total. The number of nitrogens with one attached hydrogen (secondary N) is 1. The van der Waals surface area contributed by atoms with Gasteiger partial charge in [-0.3, -0.25) is 0 Å². The minimum atomic E-state index is -3.59. The second-order valence-electron chi connectivity index (χ2n) is 3.26. The molecule has 0 fully saturated rings. The van der Waals surface area contributed by atoms with Gasteiger partial charge in [-0.05, 0) is 30.7 Å². The number of halogens is 1. The predicted molar refractivity (Wildman–Crippen MR) is 59.8 cm³/mol. The van der Waals surface area contributed by atoms with Crippen LogP contribution in [-0.2, 0) is 10.0 Å². The highest BCUT2D eigenvalue weighted by atomic mass is 32.2. The summed E-state index contributed by atoms with van der Waals surface area (Å²) in [6.07, 6.45) is 5.33. The summed E-state index contributed by atoms with van der Waals surface area (Å²) < 4.78 is 38.6. The van der Waals surface area contributed by atoms with Crippen LogP contribution < -0.4 is 4.72 Å². The van der Waals surface area contributed by atoms with E-state index in [4.69, 9.17) is 6.42 Å². The van der Waals surface area contributed by atoms with Gasteiger partial charge < -0.3 is 0 Å². The van der Waals surface area contributed by atoms with E-state index in [9.17, 15) is 12.8 Å². The Kier molecular flexibility index (Phi) is 4.05. The second kappa shape index (κ2) is 5.10. The smallest absolute Gasteiger partial charge is 0.210 e. The average molecular weight is 241 g/mol. The molecule has 1 N–H and O–H groups in total. The first-order valence-corrected chi connectivity index (χ1v) is 6.15. The first-order valence-electron chi connectivity index (χ1n) is 4.66. The van der Waals surface area contributed by atoms with Gasteiger partial charge in [-0.1, -0.05) is 0 Å². The van der Waals surface area contributed by atoms with Gasteiger partial charge in [0, 0.05) is 13.0 Å². The normalized spacial score (nSPS) is 11.1. The molecule has 5 heteroatoms. The molecule has 0 radical (unpaired) electrons. The Labute approximate surface area is 94.7 Å². The number of rotatable bonds is 4. The van der Waals surface area contributed by atoms with E-state index in [1.54, 1.807) is 6.92 Å². The zero-order valence-electron chi connectivity index (χ0n) is 8.83. The van der Waals surface area contributed by atoms with Crippen LogP contribution in [-0.4, -0.2) is 15.0 Å². The maximum Gasteiger partial charge on any atom is 0.240 e. The van der Waals surface area contributed by atoms with Gasteiger partial charge in [0.2, 0.25) is 10.0 Å². The van der Waals surface area contributed by atoms with E-state index in [0.29, 0.717) is 12.0 Å². The van der Waals surface area contributed by atoms with Crippen molar-refractivity contribution in [1.29, 1.82) is 0 Å². The largest absolute Gasteiger partial charge is 0.240 e. The van der Waals surface area contributed by atoms with Crippen LogP contribution in [0.5, 0.6) is 0 Å². The van der Waals surface area contributed by atoms with Gasteiger partial charge in [0.25, 0.3) is 0 Å². The highest BCUT2D eigenvalue weighted by molar-refractivity contribution is 7.89. The molecule has 0 saturated carbocycles. The van der Waals surface area contributed by atoms with Crippen LogP contribution in [0.4, 0.5) is 4.39 Å². The van der Waals surface area contributed by atoms with Gasteiger partial charge in [-0.15, -0.1) is 12.3 Å². The number of benzene rings is 1. The summed E-state index contributed by atoms with van der Waals surface area (Å²) in [5.74, 6) is 1.87. The van der Waals surface area contributed by atoms with E-state index in [2.05, 4.69) is 10.6 Å². The van der Waals surface area contributed by atoms with Gasteiger partial charge in [-0.2, -0.15) is 0 Å². The Bertz CT molecular complexity index is 517. The lowest BCUT2D eigenvalue weighted by Gasteiger charge is -2.07. The van der Waals surface area contributed by atoms with Crippen LogP contribution in [0.25, 0.3) is 0 Å². The summed E-state index contributed by atoms with van der Waals surface area (Å²) in [7, 11) is -3.59. The Hall–Kier alpha value is -1.38. The summed E-state index contributed by atoms with van der Waals surface area (Å²) >= 11 is 0. The molecule has 0 saturated heterocycles. The lowest BCUT2D eigenvalue weighted by atomic mass is 10.2. The van der Waals surface area contributed by atoms with Crippen molar-refractivity contribution in [2.45, 2.75) is 18.2 Å².